The number of rotatable bonds is 1. The lowest BCUT2D eigenvalue weighted by atomic mass is 10.1. The van der Waals surface area contributed by atoms with E-state index in [1.807, 2.05) is 54.3 Å². The molecule has 0 unspecified atom stereocenters. The quantitative estimate of drug-likeness (QED) is 0.839. The first-order valence-electron chi connectivity index (χ1n) is 7.07. The van der Waals surface area contributed by atoms with Crippen LogP contribution >= 0.6 is 15.9 Å². The van der Waals surface area contributed by atoms with Crippen molar-refractivity contribution in [3.63, 3.8) is 0 Å². The molecular weight excluding hydrogens is 328 g/mol. The van der Waals surface area contributed by atoms with Crippen LogP contribution in [0.1, 0.15) is 22.3 Å². The Bertz CT molecular complexity index is 664. The number of carbonyl (C=O) groups is 1. The number of halogens is 1. The lowest BCUT2D eigenvalue weighted by Crippen LogP contribution is -2.31. The molecule has 21 heavy (non-hydrogen) atoms. The SMILES string of the molecule is Cc1cc(Br)cc(C(=O)N2CCCNc3ccccc32)c1. The van der Waals surface area contributed by atoms with Crippen LogP contribution in [0.15, 0.2) is 46.9 Å². The van der Waals surface area contributed by atoms with Gasteiger partial charge in [-0.15, -0.1) is 0 Å². The molecule has 0 saturated carbocycles. The van der Waals surface area contributed by atoms with Gasteiger partial charge in [-0.3, -0.25) is 4.79 Å². The minimum Gasteiger partial charge on any atom is -0.383 e. The summed E-state index contributed by atoms with van der Waals surface area (Å²) < 4.78 is 0.937. The van der Waals surface area contributed by atoms with Crippen LogP contribution in [-0.4, -0.2) is 19.0 Å². The molecule has 0 saturated heterocycles. The minimum atomic E-state index is 0.0514. The fourth-order valence-electron chi connectivity index (χ4n) is 2.67. The van der Waals surface area contributed by atoms with Gasteiger partial charge in [0.05, 0.1) is 11.4 Å². The molecule has 0 spiro atoms. The second-order valence-electron chi connectivity index (χ2n) is 5.27. The van der Waals surface area contributed by atoms with Crippen LogP contribution in [0.2, 0.25) is 0 Å². The molecule has 1 heterocycles. The lowest BCUT2D eigenvalue weighted by molar-refractivity contribution is 0.0987. The van der Waals surface area contributed by atoms with E-state index < -0.39 is 0 Å². The summed E-state index contributed by atoms with van der Waals surface area (Å²) in [5, 5.41) is 3.38. The van der Waals surface area contributed by atoms with E-state index in [2.05, 4.69) is 21.2 Å². The van der Waals surface area contributed by atoms with E-state index in [-0.39, 0.29) is 5.91 Å². The minimum absolute atomic E-state index is 0.0514. The van der Waals surface area contributed by atoms with E-state index in [4.69, 9.17) is 0 Å². The predicted molar refractivity (Wildman–Crippen MR) is 90.1 cm³/mol. The van der Waals surface area contributed by atoms with E-state index in [0.29, 0.717) is 0 Å². The van der Waals surface area contributed by atoms with Crippen molar-refractivity contribution in [2.45, 2.75) is 13.3 Å². The Morgan fingerprint density at radius 3 is 2.86 bits per heavy atom. The molecule has 0 atom stereocenters. The third-order valence-electron chi connectivity index (χ3n) is 3.60. The van der Waals surface area contributed by atoms with Crippen molar-refractivity contribution < 1.29 is 4.79 Å². The summed E-state index contributed by atoms with van der Waals surface area (Å²) in [4.78, 5) is 14.8. The largest absolute Gasteiger partial charge is 0.383 e. The lowest BCUT2D eigenvalue weighted by Gasteiger charge is -2.22. The normalized spacial score (nSPS) is 14.1. The van der Waals surface area contributed by atoms with Gasteiger partial charge >= 0.3 is 0 Å². The van der Waals surface area contributed by atoms with E-state index in [1.165, 1.54) is 0 Å². The van der Waals surface area contributed by atoms with Gasteiger partial charge in [-0.1, -0.05) is 28.1 Å². The maximum Gasteiger partial charge on any atom is 0.258 e. The number of benzene rings is 2. The third-order valence-corrected chi connectivity index (χ3v) is 4.06. The summed E-state index contributed by atoms with van der Waals surface area (Å²) >= 11 is 3.47. The van der Waals surface area contributed by atoms with Gasteiger partial charge in [0.25, 0.3) is 5.91 Å². The molecule has 1 aliphatic heterocycles. The number of aryl methyl sites for hydroxylation is 1. The summed E-state index contributed by atoms with van der Waals surface area (Å²) in [6.07, 6.45) is 0.938. The fraction of sp³-hybridized carbons (Fsp3) is 0.235. The van der Waals surface area contributed by atoms with Gasteiger partial charge in [-0.05, 0) is 49.2 Å². The Balaban J connectivity index is 2.01. The summed E-state index contributed by atoms with van der Waals surface area (Å²) in [7, 11) is 0. The number of nitrogens with one attached hydrogen (secondary N) is 1. The molecule has 0 fully saturated rings. The highest BCUT2D eigenvalue weighted by molar-refractivity contribution is 9.10. The molecule has 1 N–H and O–H groups in total. The number of carbonyl (C=O) groups excluding carboxylic acids is 1. The molecule has 108 valence electrons. The summed E-state index contributed by atoms with van der Waals surface area (Å²) in [6, 6.07) is 13.8. The zero-order valence-electron chi connectivity index (χ0n) is 11.9. The highest BCUT2D eigenvalue weighted by atomic mass is 79.9. The molecule has 0 aromatic heterocycles. The van der Waals surface area contributed by atoms with Crippen molar-refractivity contribution in [2.75, 3.05) is 23.3 Å². The molecule has 2 aromatic rings. The predicted octanol–water partition coefficient (Wildman–Crippen LogP) is 4.22. The topological polar surface area (TPSA) is 32.3 Å². The van der Waals surface area contributed by atoms with Crippen LogP contribution in [0.3, 0.4) is 0 Å². The van der Waals surface area contributed by atoms with Gasteiger partial charge in [-0.25, -0.2) is 0 Å². The second-order valence-corrected chi connectivity index (χ2v) is 6.19. The van der Waals surface area contributed by atoms with E-state index in [9.17, 15) is 4.79 Å². The molecule has 4 heteroatoms. The first kappa shape index (κ1) is 14.1. The van der Waals surface area contributed by atoms with E-state index in [0.717, 1.165) is 46.5 Å². The highest BCUT2D eigenvalue weighted by Gasteiger charge is 2.22. The van der Waals surface area contributed by atoms with Gasteiger partial charge in [0, 0.05) is 23.1 Å². The summed E-state index contributed by atoms with van der Waals surface area (Å²) in [5.41, 5.74) is 3.78. The van der Waals surface area contributed by atoms with Gasteiger partial charge in [0.1, 0.15) is 0 Å². The van der Waals surface area contributed by atoms with E-state index in [1.54, 1.807) is 0 Å². The molecule has 0 aliphatic carbocycles. The Labute approximate surface area is 133 Å². The molecule has 1 amide bonds. The Kier molecular flexibility index (Phi) is 3.97. The molecule has 3 rings (SSSR count). The number of amides is 1. The monoisotopic (exact) mass is 344 g/mol. The zero-order chi connectivity index (χ0) is 14.8. The van der Waals surface area contributed by atoms with Crippen LogP contribution in [0, 0.1) is 6.92 Å². The van der Waals surface area contributed by atoms with Crippen LogP contribution in [0.5, 0.6) is 0 Å². The number of para-hydroxylation sites is 2. The first-order valence-corrected chi connectivity index (χ1v) is 7.86. The number of hydrogen-bond donors (Lipinski definition) is 1. The van der Waals surface area contributed by atoms with Crippen LogP contribution < -0.4 is 10.2 Å². The van der Waals surface area contributed by atoms with Gasteiger partial charge in [-0.2, -0.15) is 0 Å². The number of fused-ring (bicyclic) bond motifs is 1. The average molecular weight is 345 g/mol. The Morgan fingerprint density at radius 1 is 1.24 bits per heavy atom. The third kappa shape index (κ3) is 2.95. The van der Waals surface area contributed by atoms with Crippen molar-refractivity contribution in [2.24, 2.45) is 0 Å². The first-order chi connectivity index (χ1) is 10.1. The molecule has 1 aliphatic rings. The maximum absolute atomic E-state index is 12.9. The molecule has 0 bridgehead atoms. The van der Waals surface area contributed by atoms with Crippen molar-refractivity contribution in [1.82, 2.24) is 0 Å². The van der Waals surface area contributed by atoms with Crippen molar-refractivity contribution >= 4 is 33.2 Å². The van der Waals surface area contributed by atoms with Gasteiger partial charge in [0.15, 0.2) is 0 Å². The Morgan fingerprint density at radius 2 is 2.05 bits per heavy atom. The second kappa shape index (κ2) is 5.90. The van der Waals surface area contributed by atoms with E-state index >= 15 is 0 Å². The zero-order valence-corrected chi connectivity index (χ0v) is 13.5. The fourth-order valence-corrected chi connectivity index (χ4v) is 3.27. The number of nitrogens with zero attached hydrogens (tertiary/aromatic N) is 1. The molecule has 0 radical (unpaired) electrons. The van der Waals surface area contributed by atoms with Crippen molar-refractivity contribution in [1.29, 1.82) is 0 Å². The highest BCUT2D eigenvalue weighted by Crippen LogP contribution is 2.29. The smallest absolute Gasteiger partial charge is 0.258 e. The van der Waals surface area contributed by atoms with Crippen LogP contribution in [0.25, 0.3) is 0 Å². The van der Waals surface area contributed by atoms with Gasteiger partial charge in [0.2, 0.25) is 0 Å². The molecule has 2 aromatic carbocycles. The average Bonchev–Trinajstić information content (AvgIpc) is 2.68. The number of anilines is 2. The molecular formula is C17H17BrN2O. The van der Waals surface area contributed by atoms with Crippen molar-refractivity contribution in [3.05, 3.63) is 58.1 Å². The maximum atomic E-state index is 12.9. The Hall–Kier alpha value is -1.81. The summed E-state index contributed by atoms with van der Waals surface area (Å²) in [6.45, 7) is 3.62. The number of hydrogen-bond acceptors (Lipinski definition) is 2. The van der Waals surface area contributed by atoms with Crippen LogP contribution in [-0.2, 0) is 0 Å². The van der Waals surface area contributed by atoms with Gasteiger partial charge < -0.3 is 10.2 Å². The standard InChI is InChI=1S/C17H17BrN2O/c1-12-9-13(11-14(18)10-12)17(21)20-8-4-7-19-15-5-2-3-6-16(15)20/h2-3,5-6,9-11,19H,4,7-8H2,1H3. The van der Waals surface area contributed by atoms with Crippen molar-refractivity contribution in [3.8, 4) is 0 Å². The molecule has 3 nitrogen and oxygen atoms in total. The van der Waals surface area contributed by atoms with Crippen LogP contribution in [0.4, 0.5) is 11.4 Å². The summed E-state index contributed by atoms with van der Waals surface area (Å²) in [5.74, 6) is 0.0514.